The number of aryl methyl sites for hydroxylation is 2. The molecule has 0 saturated heterocycles. The quantitative estimate of drug-likeness (QED) is 0.688. The van der Waals surface area contributed by atoms with Crippen molar-refractivity contribution in [1.82, 2.24) is 5.32 Å². The number of hydrogen-bond acceptors (Lipinski definition) is 2. The van der Waals surface area contributed by atoms with E-state index in [9.17, 15) is 9.59 Å². The average molecular weight is 206 g/mol. The van der Waals surface area contributed by atoms with Crippen molar-refractivity contribution in [2.45, 2.75) is 20.4 Å². The van der Waals surface area contributed by atoms with Crippen LogP contribution in [-0.4, -0.2) is 11.8 Å². The summed E-state index contributed by atoms with van der Waals surface area (Å²) in [6, 6.07) is 5.90. The topological polar surface area (TPSA) is 72.2 Å². The molecule has 0 aliphatic heterocycles. The van der Waals surface area contributed by atoms with Crippen molar-refractivity contribution < 1.29 is 9.59 Å². The summed E-state index contributed by atoms with van der Waals surface area (Å²) in [7, 11) is 0. The predicted octanol–water partition coefficient (Wildman–Crippen LogP) is 0.405. The number of nitrogens with one attached hydrogen (secondary N) is 1. The molecule has 1 aromatic rings. The molecule has 0 atom stereocenters. The van der Waals surface area contributed by atoms with Gasteiger partial charge in [-0.3, -0.25) is 9.59 Å². The van der Waals surface area contributed by atoms with Gasteiger partial charge in [-0.25, -0.2) is 0 Å². The van der Waals surface area contributed by atoms with Gasteiger partial charge in [-0.05, 0) is 25.0 Å². The van der Waals surface area contributed by atoms with E-state index in [0.717, 1.165) is 16.7 Å². The molecule has 1 aromatic carbocycles. The summed E-state index contributed by atoms with van der Waals surface area (Å²) in [6.45, 7) is 4.28. The van der Waals surface area contributed by atoms with Gasteiger partial charge < -0.3 is 11.1 Å². The molecule has 0 unspecified atom stereocenters. The molecule has 0 saturated carbocycles. The predicted molar refractivity (Wildman–Crippen MR) is 57.0 cm³/mol. The van der Waals surface area contributed by atoms with Gasteiger partial charge in [0.1, 0.15) is 0 Å². The van der Waals surface area contributed by atoms with Gasteiger partial charge in [0.2, 0.25) is 0 Å². The van der Waals surface area contributed by atoms with E-state index in [-0.39, 0.29) is 0 Å². The summed E-state index contributed by atoms with van der Waals surface area (Å²) in [5, 5.41) is 2.45. The fourth-order valence-corrected chi connectivity index (χ4v) is 1.31. The summed E-state index contributed by atoms with van der Waals surface area (Å²) in [5.41, 5.74) is 8.04. The minimum atomic E-state index is -0.959. The lowest BCUT2D eigenvalue weighted by molar-refractivity contribution is -0.137. The second-order valence-electron chi connectivity index (χ2n) is 3.48. The summed E-state index contributed by atoms with van der Waals surface area (Å²) >= 11 is 0. The molecule has 2 amide bonds. The molecule has 0 aromatic heterocycles. The Bertz CT molecular complexity index is 400. The Kier molecular flexibility index (Phi) is 3.44. The van der Waals surface area contributed by atoms with Crippen LogP contribution < -0.4 is 11.1 Å². The van der Waals surface area contributed by atoms with Crippen LogP contribution in [-0.2, 0) is 16.1 Å². The summed E-state index contributed by atoms with van der Waals surface area (Å²) < 4.78 is 0. The molecule has 4 nitrogen and oxygen atoms in total. The second kappa shape index (κ2) is 4.59. The Labute approximate surface area is 88.5 Å². The van der Waals surface area contributed by atoms with E-state index >= 15 is 0 Å². The van der Waals surface area contributed by atoms with Crippen molar-refractivity contribution in [3.8, 4) is 0 Å². The lowest BCUT2D eigenvalue weighted by atomic mass is 10.1. The van der Waals surface area contributed by atoms with Gasteiger partial charge in [-0.1, -0.05) is 23.8 Å². The highest BCUT2D eigenvalue weighted by molar-refractivity contribution is 6.34. The van der Waals surface area contributed by atoms with Crippen LogP contribution in [0.15, 0.2) is 18.2 Å². The number of carbonyl (C=O) groups excluding carboxylic acids is 2. The number of primary amides is 1. The molecule has 0 fully saturated rings. The smallest absolute Gasteiger partial charge is 0.309 e. The Hall–Kier alpha value is -1.84. The molecule has 0 heterocycles. The van der Waals surface area contributed by atoms with Gasteiger partial charge in [0, 0.05) is 6.54 Å². The number of rotatable bonds is 2. The Morgan fingerprint density at radius 3 is 2.53 bits per heavy atom. The normalized spacial score (nSPS) is 9.73. The van der Waals surface area contributed by atoms with Crippen LogP contribution >= 0.6 is 0 Å². The number of nitrogens with two attached hydrogens (primary N) is 1. The van der Waals surface area contributed by atoms with Crippen molar-refractivity contribution in [1.29, 1.82) is 0 Å². The lowest BCUT2D eigenvalue weighted by Gasteiger charge is -2.07. The SMILES string of the molecule is Cc1ccc(CNC(=O)C(N)=O)c(C)c1. The van der Waals surface area contributed by atoms with E-state index in [0.29, 0.717) is 6.54 Å². The largest absolute Gasteiger partial charge is 0.361 e. The van der Waals surface area contributed by atoms with Crippen molar-refractivity contribution in [2.75, 3.05) is 0 Å². The fraction of sp³-hybridized carbons (Fsp3) is 0.273. The van der Waals surface area contributed by atoms with Crippen molar-refractivity contribution in [2.24, 2.45) is 5.73 Å². The molecule has 3 N–H and O–H groups in total. The molecule has 0 radical (unpaired) electrons. The first kappa shape index (κ1) is 11.2. The molecule has 1 rings (SSSR count). The van der Waals surface area contributed by atoms with Crippen LogP contribution in [0.4, 0.5) is 0 Å². The highest BCUT2D eigenvalue weighted by Crippen LogP contribution is 2.09. The van der Waals surface area contributed by atoms with Crippen LogP contribution in [0.3, 0.4) is 0 Å². The van der Waals surface area contributed by atoms with E-state index in [1.807, 2.05) is 32.0 Å². The zero-order valence-electron chi connectivity index (χ0n) is 8.83. The van der Waals surface area contributed by atoms with Crippen molar-refractivity contribution >= 4 is 11.8 Å². The first-order chi connectivity index (χ1) is 7.00. The molecule has 0 aliphatic carbocycles. The third-order valence-corrected chi connectivity index (χ3v) is 2.16. The van der Waals surface area contributed by atoms with Crippen LogP contribution in [0.5, 0.6) is 0 Å². The molecule has 0 bridgehead atoms. The standard InChI is InChI=1S/C11H14N2O2/c1-7-3-4-9(8(2)5-7)6-13-11(15)10(12)14/h3-5H,6H2,1-2H3,(H2,12,14)(H,13,15). The molecule has 0 spiro atoms. The summed E-state index contributed by atoms with van der Waals surface area (Å²) in [6.07, 6.45) is 0. The van der Waals surface area contributed by atoms with Gasteiger partial charge in [0.15, 0.2) is 0 Å². The maximum Gasteiger partial charge on any atom is 0.309 e. The van der Waals surface area contributed by atoms with Gasteiger partial charge in [-0.2, -0.15) is 0 Å². The maximum atomic E-state index is 10.9. The van der Waals surface area contributed by atoms with Gasteiger partial charge in [0.25, 0.3) is 0 Å². The van der Waals surface area contributed by atoms with Crippen LogP contribution in [0.1, 0.15) is 16.7 Å². The fourth-order valence-electron chi connectivity index (χ4n) is 1.31. The van der Waals surface area contributed by atoms with E-state index < -0.39 is 11.8 Å². The van der Waals surface area contributed by atoms with Crippen LogP contribution in [0.2, 0.25) is 0 Å². The van der Waals surface area contributed by atoms with Crippen LogP contribution in [0, 0.1) is 13.8 Å². The van der Waals surface area contributed by atoms with E-state index in [1.54, 1.807) is 0 Å². The highest BCUT2D eigenvalue weighted by atomic mass is 16.2. The number of carbonyl (C=O) groups is 2. The van der Waals surface area contributed by atoms with E-state index in [2.05, 4.69) is 5.32 Å². The highest BCUT2D eigenvalue weighted by Gasteiger charge is 2.07. The minimum absolute atomic E-state index is 0.327. The molecule has 15 heavy (non-hydrogen) atoms. The third-order valence-electron chi connectivity index (χ3n) is 2.16. The summed E-state index contributed by atoms with van der Waals surface area (Å²) in [4.78, 5) is 21.4. The van der Waals surface area contributed by atoms with Crippen LogP contribution in [0.25, 0.3) is 0 Å². The van der Waals surface area contributed by atoms with E-state index in [4.69, 9.17) is 5.73 Å². The monoisotopic (exact) mass is 206 g/mol. The number of amides is 2. The zero-order valence-corrected chi connectivity index (χ0v) is 8.83. The summed E-state index contributed by atoms with van der Waals surface area (Å²) in [5.74, 6) is -1.71. The second-order valence-corrected chi connectivity index (χ2v) is 3.48. The van der Waals surface area contributed by atoms with Gasteiger partial charge in [-0.15, -0.1) is 0 Å². The lowest BCUT2D eigenvalue weighted by Crippen LogP contribution is -2.35. The number of benzene rings is 1. The van der Waals surface area contributed by atoms with Gasteiger partial charge in [0.05, 0.1) is 0 Å². The van der Waals surface area contributed by atoms with Gasteiger partial charge >= 0.3 is 11.8 Å². The third kappa shape index (κ3) is 3.09. The molecule has 80 valence electrons. The maximum absolute atomic E-state index is 10.9. The Morgan fingerprint density at radius 2 is 2.00 bits per heavy atom. The first-order valence-electron chi connectivity index (χ1n) is 4.64. The van der Waals surface area contributed by atoms with Crippen molar-refractivity contribution in [3.05, 3.63) is 34.9 Å². The van der Waals surface area contributed by atoms with Crippen molar-refractivity contribution in [3.63, 3.8) is 0 Å². The molecular formula is C11H14N2O2. The minimum Gasteiger partial charge on any atom is -0.361 e. The molecular weight excluding hydrogens is 192 g/mol. The first-order valence-corrected chi connectivity index (χ1v) is 4.64. The Morgan fingerprint density at radius 1 is 1.33 bits per heavy atom. The average Bonchev–Trinajstić information content (AvgIpc) is 2.15. The van der Waals surface area contributed by atoms with E-state index in [1.165, 1.54) is 0 Å². The molecule has 0 aliphatic rings. The number of hydrogen-bond donors (Lipinski definition) is 2. The zero-order chi connectivity index (χ0) is 11.4. The Balaban J connectivity index is 2.66. The molecule has 4 heteroatoms.